The van der Waals surface area contributed by atoms with Gasteiger partial charge in [-0.3, -0.25) is 23.9 Å². The molecule has 2 aromatic heterocycles. The van der Waals surface area contributed by atoms with Gasteiger partial charge in [-0.15, -0.1) is 0 Å². The lowest BCUT2D eigenvalue weighted by Crippen LogP contribution is -2.44. The maximum Gasteiger partial charge on any atom is 0.248 e. The number of Topliss-reactive ketones (excluding diaryl/α,β-unsaturated/α-hetero) is 1. The van der Waals surface area contributed by atoms with E-state index < -0.39 is 35.8 Å². The van der Waals surface area contributed by atoms with Crippen molar-refractivity contribution < 1.29 is 28.0 Å². The van der Waals surface area contributed by atoms with E-state index in [-0.39, 0.29) is 58.4 Å². The summed E-state index contributed by atoms with van der Waals surface area (Å²) in [5.74, 6) is -2.70. The van der Waals surface area contributed by atoms with Gasteiger partial charge in [-0.1, -0.05) is 29.8 Å². The number of nitrogens with zero attached hydrogens (tertiary/aromatic N) is 5. The lowest BCUT2D eigenvalue weighted by molar-refractivity contribution is -0.137. The highest BCUT2D eigenvalue weighted by Crippen LogP contribution is 2.34. The molecule has 3 N–H and O–H groups in total. The number of ketones is 1. The van der Waals surface area contributed by atoms with E-state index in [2.05, 4.69) is 20.4 Å². The fourth-order valence-corrected chi connectivity index (χ4v) is 5.97. The van der Waals surface area contributed by atoms with E-state index in [0.29, 0.717) is 16.7 Å². The normalized spacial score (nSPS) is 15.9. The Labute approximate surface area is 277 Å². The number of hydrogen-bond donors (Lipinski definition) is 2. The highest BCUT2D eigenvalue weighted by molar-refractivity contribution is 6.33. The number of fused-ring (bicyclic) bond motifs is 1. The molecule has 1 aliphatic heterocycles. The summed E-state index contributed by atoms with van der Waals surface area (Å²) in [6, 6.07) is 12.4. The zero-order valence-corrected chi connectivity index (χ0v) is 26.5. The third-order valence-electron chi connectivity index (χ3n) is 8.15. The number of anilines is 1. The lowest BCUT2D eigenvalue weighted by Gasteiger charge is -2.24. The topological polar surface area (TPSA) is 153 Å². The maximum atomic E-state index is 15.7. The fraction of sp³-hybridized carbons (Fsp3) is 0.206. The Hall–Kier alpha value is -5.56. The molecule has 11 nitrogen and oxygen atoms in total. The molecule has 3 heterocycles. The Kier molecular flexibility index (Phi) is 8.71. The van der Waals surface area contributed by atoms with Crippen molar-refractivity contribution in [1.82, 2.24) is 24.6 Å². The van der Waals surface area contributed by atoms with Gasteiger partial charge < -0.3 is 16.0 Å². The molecular formula is C34H28ClF2N7O4. The van der Waals surface area contributed by atoms with Gasteiger partial charge in [0.2, 0.25) is 17.7 Å². The van der Waals surface area contributed by atoms with E-state index in [9.17, 15) is 23.6 Å². The molecule has 48 heavy (non-hydrogen) atoms. The number of hydrogen-bond acceptors (Lipinski definition) is 7. The van der Waals surface area contributed by atoms with E-state index in [1.165, 1.54) is 48.0 Å². The van der Waals surface area contributed by atoms with Crippen LogP contribution in [-0.2, 0) is 16.1 Å². The number of carbonyl (C=O) groups is 4. The highest BCUT2D eigenvalue weighted by Gasteiger charge is 2.40. The molecule has 0 unspecified atom stereocenters. The molecule has 3 amide bonds. The second-order valence-corrected chi connectivity index (χ2v) is 11.8. The minimum absolute atomic E-state index is 0.00600. The van der Waals surface area contributed by atoms with Crippen LogP contribution in [0.5, 0.6) is 0 Å². The summed E-state index contributed by atoms with van der Waals surface area (Å²) in [7, 11) is 0. The van der Waals surface area contributed by atoms with Crippen LogP contribution in [0.25, 0.3) is 33.2 Å². The van der Waals surface area contributed by atoms with Gasteiger partial charge in [0.05, 0.1) is 17.7 Å². The average molecular weight is 672 g/mol. The van der Waals surface area contributed by atoms with Gasteiger partial charge in [-0.25, -0.2) is 18.7 Å². The Morgan fingerprint density at radius 3 is 2.48 bits per heavy atom. The van der Waals surface area contributed by atoms with Gasteiger partial charge in [0.15, 0.2) is 11.6 Å². The summed E-state index contributed by atoms with van der Waals surface area (Å²) in [6.45, 7) is 2.39. The van der Waals surface area contributed by atoms with Crippen LogP contribution < -0.4 is 11.1 Å². The van der Waals surface area contributed by atoms with Crippen LogP contribution in [0.3, 0.4) is 0 Å². The van der Waals surface area contributed by atoms with Crippen molar-refractivity contribution in [3.05, 3.63) is 94.9 Å². The van der Waals surface area contributed by atoms with Crippen LogP contribution in [0.2, 0.25) is 5.02 Å². The zero-order valence-electron chi connectivity index (χ0n) is 25.7. The van der Waals surface area contributed by atoms with Gasteiger partial charge in [0, 0.05) is 58.4 Å². The van der Waals surface area contributed by atoms with E-state index in [4.69, 9.17) is 17.3 Å². The number of likely N-dealkylation sites (tertiary alicyclic amines) is 1. The van der Waals surface area contributed by atoms with Gasteiger partial charge in [-0.05, 0) is 48.9 Å². The van der Waals surface area contributed by atoms with E-state index in [0.717, 1.165) is 16.0 Å². The predicted octanol–water partition coefficient (Wildman–Crippen LogP) is 5.14. The van der Waals surface area contributed by atoms with E-state index in [1.807, 2.05) is 0 Å². The van der Waals surface area contributed by atoms with Crippen LogP contribution in [-0.4, -0.2) is 66.9 Å². The van der Waals surface area contributed by atoms with Crippen molar-refractivity contribution >= 4 is 51.7 Å². The summed E-state index contributed by atoms with van der Waals surface area (Å²) in [5.41, 5.74) is 7.52. The molecule has 1 fully saturated rings. The van der Waals surface area contributed by atoms with Crippen LogP contribution in [0.4, 0.5) is 14.5 Å². The number of aryl methyl sites for hydroxylation is 1. The van der Waals surface area contributed by atoms with Crippen LogP contribution >= 0.6 is 11.6 Å². The summed E-state index contributed by atoms with van der Waals surface area (Å²) in [5, 5.41) is 7.51. The van der Waals surface area contributed by atoms with Crippen molar-refractivity contribution in [2.45, 2.75) is 39.0 Å². The molecule has 0 radical (unpaired) electrons. The second kappa shape index (κ2) is 12.9. The highest BCUT2D eigenvalue weighted by atomic mass is 35.5. The molecule has 1 saturated heterocycles. The number of carbonyl (C=O) groups excluding carboxylic acids is 4. The van der Waals surface area contributed by atoms with Crippen LogP contribution in [0, 0.1) is 12.7 Å². The average Bonchev–Trinajstić information content (AvgIpc) is 3.63. The molecule has 244 valence electrons. The van der Waals surface area contributed by atoms with E-state index >= 15 is 4.39 Å². The number of nitrogens with one attached hydrogen (secondary N) is 1. The first-order chi connectivity index (χ1) is 22.9. The van der Waals surface area contributed by atoms with Gasteiger partial charge in [-0.2, -0.15) is 5.10 Å². The molecule has 0 bridgehead atoms. The molecule has 0 aliphatic carbocycles. The Morgan fingerprint density at radius 2 is 1.77 bits per heavy atom. The number of primary amides is 1. The first-order valence-electron chi connectivity index (χ1n) is 14.8. The van der Waals surface area contributed by atoms with Crippen molar-refractivity contribution in [1.29, 1.82) is 0 Å². The van der Waals surface area contributed by atoms with Crippen LogP contribution in [0.1, 0.15) is 40.0 Å². The van der Waals surface area contributed by atoms with Crippen molar-refractivity contribution in [2.75, 3.05) is 11.9 Å². The summed E-state index contributed by atoms with van der Waals surface area (Å²) >= 11 is 6.28. The Balaban J connectivity index is 1.25. The minimum atomic E-state index is -1.50. The first-order valence-corrected chi connectivity index (χ1v) is 15.2. The molecule has 0 spiro atoms. The van der Waals surface area contributed by atoms with Gasteiger partial charge in [0.1, 0.15) is 30.3 Å². The zero-order chi connectivity index (χ0) is 34.3. The number of nitrogens with two attached hydrogens (primary N) is 1. The Bertz CT molecular complexity index is 2120. The number of alkyl halides is 1. The fourth-order valence-electron chi connectivity index (χ4n) is 5.75. The monoisotopic (exact) mass is 671 g/mol. The van der Waals surface area contributed by atoms with Crippen molar-refractivity contribution in [2.24, 2.45) is 5.73 Å². The SMILES string of the molecule is CC(=O)c1nn(CC(=O)N2C[C@H](F)C[C@H]2C(=O)Nc2cccc(-c3cc(C(N)=O)ccc3Cl)c2F)c2ccc(-c3cnc(C)nc3)cc12. The number of aromatic nitrogens is 4. The van der Waals surface area contributed by atoms with Gasteiger partial charge >= 0.3 is 0 Å². The smallest absolute Gasteiger partial charge is 0.248 e. The van der Waals surface area contributed by atoms with Crippen LogP contribution in [0.15, 0.2) is 67.0 Å². The molecule has 3 aromatic carbocycles. The number of amides is 3. The summed E-state index contributed by atoms with van der Waals surface area (Å²) in [4.78, 5) is 60.7. The van der Waals surface area contributed by atoms with Crippen molar-refractivity contribution in [3.63, 3.8) is 0 Å². The molecule has 1 aliphatic rings. The van der Waals surface area contributed by atoms with E-state index in [1.54, 1.807) is 37.5 Å². The largest absolute Gasteiger partial charge is 0.366 e. The summed E-state index contributed by atoms with van der Waals surface area (Å²) in [6.07, 6.45) is 1.52. The third kappa shape index (κ3) is 6.24. The lowest BCUT2D eigenvalue weighted by atomic mass is 10.0. The molecule has 2 atom stereocenters. The molecule has 0 saturated carbocycles. The maximum absolute atomic E-state index is 15.7. The molecule has 14 heteroatoms. The Morgan fingerprint density at radius 1 is 1.02 bits per heavy atom. The third-order valence-corrected chi connectivity index (χ3v) is 8.48. The van der Waals surface area contributed by atoms with Crippen molar-refractivity contribution in [3.8, 4) is 22.3 Å². The minimum Gasteiger partial charge on any atom is -0.366 e. The summed E-state index contributed by atoms with van der Waals surface area (Å²) < 4.78 is 31.8. The quantitative estimate of drug-likeness (QED) is 0.217. The molecular weight excluding hydrogens is 644 g/mol. The molecule has 6 rings (SSSR count). The number of halogens is 3. The predicted molar refractivity (Wildman–Crippen MR) is 175 cm³/mol. The first kappa shape index (κ1) is 32.4. The number of rotatable bonds is 8. The molecule has 5 aromatic rings. The standard InChI is InChI=1S/C34H28ClF2N7O4/c1-17(45)32-25-10-19(21-13-39-18(2)40-14-21)7-9-28(25)44(42-32)16-30(46)43-15-22(36)12-29(43)34(48)41-27-5-3-4-23(31(27)37)24-11-20(33(38)47)6-8-26(24)35/h3-11,13-14,22,29H,12,15-16H2,1-2H3,(H2,38,47)(H,41,48)/t22-,29+/m1/s1. The van der Waals surface area contributed by atoms with Gasteiger partial charge in [0.25, 0.3) is 0 Å². The second-order valence-electron chi connectivity index (χ2n) is 11.4. The number of benzene rings is 3.